The SMILES string of the molecule is Cc1ccc(NC(=S)N2CC=CC2)c(Cl)c1. The van der Waals surface area contributed by atoms with Gasteiger partial charge in [-0.2, -0.15) is 0 Å². The molecule has 84 valence electrons. The minimum absolute atomic E-state index is 0.703. The molecule has 0 bridgehead atoms. The number of halogens is 1. The number of anilines is 1. The van der Waals surface area contributed by atoms with E-state index in [-0.39, 0.29) is 0 Å². The van der Waals surface area contributed by atoms with Crippen molar-refractivity contribution in [1.82, 2.24) is 4.90 Å². The Morgan fingerprint density at radius 2 is 2.06 bits per heavy atom. The average molecular weight is 253 g/mol. The van der Waals surface area contributed by atoms with Gasteiger partial charge in [0.15, 0.2) is 5.11 Å². The molecular formula is C12H13ClN2S. The van der Waals surface area contributed by atoms with E-state index in [4.69, 9.17) is 23.8 Å². The number of rotatable bonds is 1. The summed E-state index contributed by atoms with van der Waals surface area (Å²) in [6.07, 6.45) is 4.20. The van der Waals surface area contributed by atoms with Gasteiger partial charge in [0.2, 0.25) is 0 Å². The minimum Gasteiger partial charge on any atom is -0.342 e. The average Bonchev–Trinajstić information content (AvgIpc) is 2.75. The normalized spacial score (nSPS) is 14.2. The number of hydrogen-bond acceptors (Lipinski definition) is 1. The van der Waals surface area contributed by atoms with Crippen LogP contribution in [0, 0.1) is 6.92 Å². The first-order chi connectivity index (χ1) is 7.66. The minimum atomic E-state index is 0.703. The van der Waals surface area contributed by atoms with E-state index in [1.165, 1.54) is 0 Å². The zero-order valence-electron chi connectivity index (χ0n) is 9.03. The maximum Gasteiger partial charge on any atom is 0.174 e. The van der Waals surface area contributed by atoms with Crippen molar-refractivity contribution in [1.29, 1.82) is 0 Å². The Morgan fingerprint density at radius 3 is 2.69 bits per heavy atom. The molecule has 4 heteroatoms. The Kier molecular flexibility index (Phi) is 3.46. The zero-order chi connectivity index (χ0) is 11.5. The van der Waals surface area contributed by atoms with Gasteiger partial charge >= 0.3 is 0 Å². The van der Waals surface area contributed by atoms with Gasteiger partial charge in [-0.25, -0.2) is 0 Å². The van der Waals surface area contributed by atoms with Gasteiger partial charge in [-0.15, -0.1) is 0 Å². The molecule has 1 aromatic carbocycles. The maximum absolute atomic E-state index is 6.12. The number of aryl methyl sites for hydroxylation is 1. The summed E-state index contributed by atoms with van der Waals surface area (Å²) in [6.45, 7) is 3.75. The van der Waals surface area contributed by atoms with Crippen molar-refractivity contribution in [2.75, 3.05) is 18.4 Å². The first kappa shape index (κ1) is 11.4. The molecule has 0 spiro atoms. The Labute approximate surface area is 106 Å². The lowest BCUT2D eigenvalue weighted by atomic mass is 10.2. The molecule has 1 aromatic rings. The van der Waals surface area contributed by atoms with Crippen LogP contribution in [0.3, 0.4) is 0 Å². The Hall–Kier alpha value is -1.06. The number of hydrogen-bond donors (Lipinski definition) is 1. The molecule has 0 aromatic heterocycles. The summed E-state index contributed by atoms with van der Waals surface area (Å²) in [5.41, 5.74) is 2.01. The maximum atomic E-state index is 6.12. The van der Waals surface area contributed by atoms with E-state index in [9.17, 15) is 0 Å². The first-order valence-corrected chi connectivity index (χ1v) is 5.92. The van der Waals surface area contributed by atoms with E-state index < -0.39 is 0 Å². The summed E-state index contributed by atoms with van der Waals surface area (Å²) < 4.78 is 0. The molecule has 0 unspecified atom stereocenters. The molecule has 0 aliphatic carbocycles. The third kappa shape index (κ3) is 2.54. The van der Waals surface area contributed by atoms with Crippen LogP contribution in [-0.4, -0.2) is 23.1 Å². The highest BCUT2D eigenvalue weighted by Gasteiger charge is 2.11. The molecule has 1 aliphatic heterocycles. The number of benzene rings is 1. The van der Waals surface area contributed by atoms with Crippen LogP contribution in [0.5, 0.6) is 0 Å². The highest BCUT2D eigenvalue weighted by atomic mass is 35.5. The van der Waals surface area contributed by atoms with E-state index in [0.717, 1.165) is 29.5 Å². The van der Waals surface area contributed by atoms with Crippen LogP contribution in [0.4, 0.5) is 5.69 Å². The van der Waals surface area contributed by atoms with Crippen molar-refractivity contribution in [3.63, 3.8) is 0 Å². The van der Waals surface area contributed by atoms with Crippen molar-refractivity contribution >= 4 is 34.6 Å². The van der Waals surface area contributed by atoms with Crippen LogP contribution >= 0.6 is 23.8 Å². The smallest absolute Gasteiger partial charge is 0.174 e. The van der Waals surface area contributed by atoms with Gasteiger partial charge in [0.05, 0.1) is 10.7 Å². The van der Waals surface area contributed by atoms with E-state index in [2.05, 4.69) is 22.4 Å². The van der Waals surface area contributed by atoms with Gasteiger partial charge in [-0.05, 0) is 36.8 Å². The standard InChI is InChI=1S/C12H13ClN2S/c1-9-4-5-11(10(13)8-9)14-12(16)15-6-2-3-7-15/h2-5,8H,6-7H2,1H3,(H,14,16). The summed E-state index contributed by atoms with van der Waals surface area (Å²) in [4.78, 5) is 2.07. The second-order valence-electron chi connectivity index (χ2n) is 3.79. The largest absolute Gasteiger partial charge is 0.342 e. The third-order valence-electron chi connectivity index (χ3n) is 2.47. The van der Waals surface area contributed by atoms with Crippen LogP contribution in [0.2, 0.25) is 5.02 Å². The number of nitrogens with zero attached hydrogens (tertiary/aromatic N) is 1. The van der Waals surface area contributed by atoms with Crippen LogP contribution < -0.4 is 5.32 Å². The Bertz CT molecular complexity index is 435. The van der Waals surface area contributed by atoms with Crippen molar-refractivity contribution in [3.05, 3.63) is 40.9 Å². The van der Waals surface area contributed by atoms with Gasteiger partial charge in [-0.3, -0.25) is 0 Å². The van der Waals surface area contributed by atoms with Crippen molar-refractivity contribution < 1.29 is 0 Å². The molecule has 2 rings (SSSR count). The fourth-order valence-corrected chi connectivity index (χ4v) is 2.10. The van der Waals surface area contributed by atoms with Gasteiger partial charge in [0, 0.05) is 13.1 Å². The lowest BCUT2D eigenvalue weighted by Gasteiger charge is -2.20. The van der Waals surface area contributed by atoms with E-state index in [1.807, 2.05) is 25.1 Å². The summed E-state index contributed by atoms with van der Waals surface area (Å²) in [5.74, 6) is 0. The van der Waals surface area contributed by atoms with E-state index >= 15 is 0 Å². The van der Waals surface area contributed by atoms with Crippen molar-refractivity contribution in [2.45, 2.75) is 6.92 Å². The third-order valence-corrected chi connectivity index (χ3v) is 3.14. The van der Waals surface area contributed by atoms with Crippen LogP contribution in [0.1, 0.15) is 5.56 Å². The summed E-state index contributed by atoms with van der Waals surface area (Å²) in [5, 5.41) is 4.59. The number of nitrogens with one attached hydrogen (secondary N) is 1. The number of thiocarbonyl (C=S) groups is 1. The molecule has 1 aliphatic rings. The molecule has 0 amide bonds. The highest BCUT2D eigenvalue weighted by Crippen LogP contribution is 2.23. The monoisotopic (exact) mass is 252 g/mol. The molecular weight excluding hydrogens is 240 g/mol. The molecule has 0 saturated heterocycles. The molecule has 0 saturated carbocycles. The first-order valence-electron chi connectivity index (χ1n) is 5.14. The van der Waals surface area contributed by atoms with Crippen molar-refractivity contribution in [2.24, 2.45) is 0 Å². The molecule has 16 heavy (non-hydrogen) atoms. The fraction of sp³-hybridized carbons (Fsp3) is 0.250. The predicted octanol–water partition coefficient (Wildman–Crippen LogP) is 3.22. The summed E-state index contributed by atoms with van der Waals surface area (Å²) in [7, 11) is 0. The van der Waals surface area contributed by atoms with Gasteiger partial charge < -0.3 is 10.2 Å². The zero-order valence-corrected chi connectivity index (χ0v) is 10.6. The second-order valence-corrected chi connectivity index (χ2v) is 4.58. The van der Waals surface area contributed by atoms with Crippen molar-refractivity contribution in [3.8, 4) is 0 Å². The Morgan fingerprint density at radius 1 is 1.38 bits per heavy atom. The van der Waals surface area contributed by atoms with Crippen LogP contribution in [-0.2, 0) is 0 Å². The van der Waals surface area contributed by atoms with Gasteiger partial charge in [0.1, 0.15) is 0 Å². The fourth-order valence-electron chi connectivity index (χ4n) is 1.56. The lowest BCUT2D eigenvalue weighted by molar-refractivity contribution is 0.549. The van der Waals surface area contributed by atoms with Gasteiger partial charge in [-0.1, -0.05) is 29.8 Å². The molecule has 0 atom stereocenters. The Balaban J connectivity index is 2.06. The quantitative estimate of drug-likeness (QED) is 0.610. The van der Waals surface area contributed by atoms with E-state index in [1.54, 1.807) is 0 Å². The lowest BCUT2D eigenvalue weighted by Crippen LogP contribution is -2.32. The molecule has 0 fully saturated rings. The predicted molar refractivity (Wildman–Crippen MR) is 73.1 cm³/mol. The highest BCUT2D eigenvalue weighted by molar-refractivity contribution is 7.80. The molecule has 1 heterocycles. The van der Waals surface area contributed by atoms with Gasteiger partial charge in [0.25, 0.3) is 0 Å². The molecule has 1 N–H and O–H groups in total. The second kappa shape index (κ2) is 4.85. The molecule has 0 radical (unpaired) electrons. The summed E-state index contributed by atoms with van der Waals surface area (Å²) >= 11 is 11.4. The topological polar surface area (TPSA) is 15.3 Å². The van der Waals surface area contributed by atoms with Crippen LogP contribution in [0.25, 0.3) is 0 Å². The van der Waals surface area contributed by atoms with E-state index in [0.29, 0.717) is 5.02 Å². The molecule has 2 nitrogen and oxygen atoms in total. The van der Waals surface area contributed by atoms with Crippen LogP contribution in [0.15, 0.2) is 30.4 Å². The summed E-state index contributed by atoms with van der Waals surface area (Å²) in [6, 6.07) is 5.89.